The van der Waals surface area contributed by atoms with Gasteiger partial charge in [0.05, 0.1) is 32.8 Å². The summed E-state index contributed by atoms with van der Waals surface area (Å²) in [5.41, 5.74) is 5.05. The highest BCUT2D eigenvalue weighted by atomic mass is 16.4. The molecule has 0 bridgehead atoms. The molecule has 0 aliphatic carbocycles. The van der Waals surface area contributed by atoms with Crippen molar-refractivity contribution in [2.75, 3.05) is 32.8 Å². The van der Waals surface area contributed by atoms with Gasteiger partial charge in [0.1, 0.15) is 18.1 Å². The first-order valence-corrected chi connectivity index (χ1v) is 9.74. The van der Waals surface area contributed by atoms with E-state index in [9.17, 15) is 43.8 Å². The molecule has 192 valence electrons. The van der Waals surface area contributed by atoms with E-state index in [4.69, 9.17) is 15.9 Å². The van der Waals surface area contributed by atoms with Crippen LogP contribution in [0.15, 0.2) is 0 Å². The number of carbonyl (C=O) groups is 7. The zero-order chi connectivity index (χ0) is 26.3. The molecule has 0 radical (unpaired) electrons. The largest absolute Gasteiger partial charge is 0.481 e. The Kier molecular flexibility index (Phi) is 14.1. The van der Waals surface area contributed by atoms with Crippen LogP contribution >= 0.6 is 0 Å². The fourth-order valence-electron chi connectivity index (χ4n) is 2.22. The van der Waals surface area contributed by atoms with Gasteiger partial charge in [0.25, 0.3) is 0 Å². The lowest BCUT2D eigenvalue weighted by molar-refractivity contribution is -0.143. The molecule has 11 N–H and O–H groups in total. The fourth-order valence-corrected chi connectivity index (χ4v) is 2.22. The Morgan fingerprint density at radius 2 is 1.18 bits per heavy atom. The zero-order valence-corrected chi connectivity index (χ0v) is 17.9. The molecule has 0 aliphatic rings. The standard InChI is InChI=1S/C17H28N6O11/c18-3-11(26)19-4-12(27)21-9(6-24)15(31)20-5-13(28)22-10(7-25)16(32)23-8(17(33)34)1-2-14(29)30/h8-10,24-25H,1-7,18H2,(H,19,26)(H,20,31)(H,21,27)(H,22,28)(H,23,32)(H,29,30)(H,33,34)/t8-,9-,10-/m0/s1. The van der Waals surface area contributed by atoms with Crippen molar-refractivity contribution in [3.8, 4) is 0 Å². The second-order valence-electron chi connectivity index (χ2n) is 6.64. The van der Waals surface area contributed by atoms with Crippen molar-refractivity contribution >= 4 is 41.5 Å². The third-order valence-electron chi connectivity index (χ3n) is 3.98. The lowest BCUT2D eigenvalue weighted by atomic mass is 10.1. The van der Waals surface area contributed by atoms with Crippen LogP contribution in [0.3, 0.4) is 0 Å². The molecular formula is C17H28N6O11. The molecule has 0 rings (SSSR count). The molecule has 0 saturated carbocycles. The topological polar surface area (TPSA) is 287 Å². The Morgan fingerprint density at radius 3 is 1.62 bits per heavy atom. The third kappa shape index (κ3) is 12.3. The van der Waals surface area contributed by atoms with Crippen LogP contribution < -0.4 is 32.3 Å². The van der Waals surface area contributed by atoms with Gasteiger partial charge in [0.15, 0.2) is 0 Å². The van der Waals surface area contributed by atoms with Gasteiger partial charge in [-0.15, -0.1) is 0 Å². The average Bonchev–Trinajstić information content (AvgIpc) is 2.79. The van der Waals surface area contributed by atoms with E-state index in [1.807, 2.05) is 10.6 Å². The number of carboxylic acids is 2. The first-order chi connectivity index (χ1) is 15.9. The van der Waals surface area contributed by atoms with E-state index in [-0.39, 0.29) is 6.54 Å². The van der Waals surface area contributed by atoms with Crippen LogP contribution in [0.4, 0.5) is 0 Å². The van der Waals surface area contributed by atoms with Gasteiger partial charge in [0.2, 0.25) is 29.5 Å². The van der Waals surface area contributed by atoms with E-state index in [1.54, 1.807) is 0 Å². The fraction of sp³-hybridized carbons (Fsp3) is 0.588. The van der Waals surface area contributed by atoms with E-state index in [0.29, 0.717) is 0 Å². The normalized spacial score (nSPS) is 12.9. The van der Waals surface area contributed by atoms with Gasteiger partial charge in [-0.2, -0.15) is 0 Å². The molecule has 0 spiro atoms. The van der Waals surface area contributed by atoms with Gasteiger partial charge in [-0.3, -0.25) is 28.8 Å². The van der Waals surface area contributed by atoms with Crippen molar-refractivity contribution in [1.29, 1.82) is 0 Å². The molecule has 0 heterocycles. The molecule has 0 aromatic carbocycles. The average molecular weight is 492 g/mol. The molecule has 5 amide bonds. The highest BCUT2D eigenvalue weighted by Gasteiger charge is 2.27. The summed E-state index contributed by atoms with van der Waals surface area (Å²) in [6.45, 7) is -3.42. The van der Waals surface area contributed by atoms with Crippen LogP contribution in [0.5, 0.6) is 0 Å². The molecule has 0 saturated heterocycles. The minimum Gasteiger partial charge on any atom is -0.481 e. The van der Waals surface area contributed by atoms with Crippen molar-refractivity contribution in [3.05, 3.63) is 0 Å². The highest BCUT2D eigenvalue weighted by molar-refractivity contribution is 5.94. The van der Waals surface area contributed by atoms with Crippen LogP contribution in [0, 0.1) is 0 Å². The molecule has 17 nitrogen and oxygen atoms in total. The summed E-state index contributed by atoms with van der Waals surface area (Å²) in [5, 5.41) is 46.5. The summed E-state index contributed by atoms with van der Waals surface area (Å²) in [6, 6.07) is -4.68. The molecule has 0 unspecified atom stereocenters. The van der Waals surface area contributed by atoms with Crippen molar-refractivity contribution in [1.82, 2.24) is 26.6 Å². The number of amides is 5. The van der Waals surface area contributed by atoms with Crippen molar-refractivity contribution < 1.29 is 54.0 Å². The summed E-state index contributed by atoms with van der Waals surface area (Å²) < 4.78 is 0. The number of carbonyl (C=O) groups excluding carboxylic acids is 5. The number of hydrogen-bond acceptors (Lipinski definition) is 10. The smallest absolute Gasteiger partial charge is 0.326 e. The first kappa shape index (κ1) is 30.2. The SMILES string of the molecule is NCC(=O)NCC(=O)N[C@@H](CO)C(=O)NCC(=O)N[C@@H](CO)C(=O)N[C@@H](CCC(=O)O)C(=O)O. The maximum Gasteiger partial charge on any atom is 0.326 e. The lowest BCUT2D eigenvalue weighted by Gasteiger charge is -2.20. The summed E-state index contributed by atoms with van der Waals surface area (Å²) in [7, 11) is 0. The quantitative estimate of drug-likeness (QED) is 0.0962. The maximum absolute atomic E-state index is 12.1. The van der Waals surface area contributed by atoms with Crippen molar-refractivity contribution in [3.63, 3.8) is 0 Å². The van der Waals surface area contributed by atoms with E-state index in [0.717, 1.165) is 0 Å². The van der Waals surface area contributed by atoms with Gasteiger partial charge in [-0.1, -0.05) is 0 Å². The molecule has 0 aliphatic heterocycles. The molecule has 3 atom stereocenters. The van der Waals surface area contributed by atoms with E-state index < -0.39 is 98.7 Å². The number of hydrogen-bond donors (Lipinski definition) is 10. The Labute approximate surface area is 192 Å². The third-order valence-corrected chi connectivity index (χ3v) is 3.98. The number of rotatable bonds is 16. The van der Waals surface area contributed by atoms with Crippen LogP contribution in [-0.4, -0.2) is 113 Å². The summed E-state index contributed by atoms with van der Waals surface area (Å²) in [6.07, 6.45) is -0.996. The summed E-state index contributed by atoms with van der Waals surface area (Å²) in [4.78, 5) is 80.5. The Bertz CT molecular complexity index is 775. The van der Waals surface area contributed by atoms with E-state index in [1.165, 1.54) is 0 Å². The van der Waals surface area contributed by atoms with E-state index >= 15 is 0 Å². The van der Waals surface area contributed by atoms with Crippen LogP contribution in [0.1, 0.15) is 12.8 Å². The minimum absolute atomic E-state index is 0.363. The van der Waals surface area contributed by atoms with Gasteiger partial charge in [0, 0.05) is 6.42 Å². The molecular weight excluding hydrogens is 464 g/mol. The maximum atomic E-state index is 12.1. The molecule has 0 aromatic rings. The number of carboxylic acid groups (broad SMARTS) is 2. The summed E-state index contributed by atoms with van der Waals surface area (Å²) in [5.74, 6) is -7.35. The number of aliphatic carboxylic acids is 2. The van der Waals surface area contributed by atoms with Crippen LogP contribution in [0.2, 0.25) is 0 Å². The lowest BCUT2D eigenvalue weighted by Crippen LogP contribution is -2.56. The first-order valence-electron chi connectivity index (χ1n) is 9.74. The minimum atomic E-state index is -1.62. The van der Waals surface area contributed by atoms with Crippen molar-refractivity contribution in [2.24, 2.45) is 5.73 Å². The van der Waals surface area contributed by atoms with Crippen molar-refractivity contribution in [2.45, 2.75) is 31.0 Å². The van der Waals surface area contributed by atoms with Gasteiger partial charge in [-0.25, -0.2) is 4.79 Å². The number of aliphatic hydroxyl groups excluding tert-OH is 2. The monoisotopic (exact) mass is 492 g/mol. The van der Waals surface area contributed by atoms with Gasteiger partial charge < -0.3 is 52.7 Å². The zero-order valence-electron chi connectivity index (χ0n) is 17.9. The highest BCUT2D eigenvalue weighted by Crippen LogP contribution is 1.99. The molecule has 0 aromatic heterocycles. The second kappa shape index (κ2) is 15.9. The molecule has 0 fully saturated rings. The predicted molar refractivity (Wildman–Crippen MR) is 110 cm³/mol. The van der Waals surface area contributed by atoms with Crippen LogP contribution in [-0.2, 0) is 33.6 Å². The van der Waals surface area contributed by atoms with Gasteiger partial charge in [-0.05, 0) is 6.42 Å². The number of nitrogens with one attached hydrogen (secondary N) is 5. The summed E-state index contributed by atoms with van der Waals surface area (Å²) >= 11 is 0. The Hall–Kier alpha value is -3.83. The number of nitrogens with two attached hydrogens (primary N) is 1. The Morgan fingerprint density at radius 1 is 0.676 bits per heavy atom. The van der Waals surface area contributed by atoms with Crippen LogP contribution in [0.25, 0.3) is 0 Å². The second-order valence-corrected chi connectivity index (χ2v) is 6.64. The van der Waals surface area contributed by atoms with E-state index in [2.05, 4.69) is 16.0 Å². The van der Waals surface area contributed by atoms with Gasteiger partial charge >= 0.3 is 11.9 Å². The predicted octanol–water partition coefficient (Wildman–Crippen LogP) is -6.43. The Balaban J connectivity index is 4.72. The molecule has 34 heavy (non-hydrogen) atoms. The molecule has 17 heteroatoms. The number of aliphatic hydroxyl groups is 2.